The van der Waals surface area contributed by atoms with Crippen LogP contribution in [0.1, 0.15) is 22.8 Å². The average Bonchev–Trinajstić information content (AvgIpc) is 2.91. The third kappa shape index (κ3) is 4.05. The Morgan fingerprint density at radius 1 is 1.32 bits per heavy atom. The van der Waals surface area contributed by atoms with Gasteiger partial charge < -0.3 is 9.84 Å². The standard InChI is InChI=1S/C16H16N2O4/c1-11(16(20)21)22-14-6-4-13(5-7-14)15(19)8-3-12-9-17-18(2)10-12/h3-11H,1-2H3,(H,20,21)/b8-3+. The lowest BCUT2D eigenvalue weighted by atomic mass is 10.1. The summed E-state index contributed by atoms with van der Waals surface area (Å²) in [7, 11) is 1.80. The van der Waals surface area contributed by atoms with Gasteiger partial charge in [-0.1, -0.05) is 0 Å². The number of ketones is 1. The zero-order valence-corrected chi connectivity index (χ0v) is 12.3. The Bertz CT molecular complexity index is 701. The summed E-state index contributed by atoms with van der Waals surface area (Å²) in [5.74, 6) is -0.788. The maximum Gasteiger partial charge on any atom is 0.344 e. The van der Waals surface area contributed by atoms with Gasteiger partial charge in [-0.3, -0.25) is 9.48 Å². The molecule has 114 valence electrons. The fraction of sp³-hybridized carbons (Fsp3) is 0.188. The minimum Gasteiger partial charge on any atom is -0.479 e. The van der Waals surface area contributed by atoms with E-state index in [0.717, 1.165) is 5.56 Å². The SMILES string of the molecule is CC(Oc1ccc(C(=O)/C=C/c2cnn(C)c2)cc1)C(=O)O. The van der Waals surface area contributed by atoms with Crippen molar-refractivity contribution in [3.8, 4) is 5.75 Å². The lowest BCUT2D eigenvalue weighted by Crippen LogP contribution is -2.22. The lowest BCUT2D eigenvalue weighted by Gasteiger charge is -2.10. The topological polar surface area (TPSA) is 81.4 Å². The molecule has 0 amide bonds. The molecule has 1 atom stereocenters. The minimum absolute atomic E-state index is 0.151. The molecule has 0 radical (unpaired) electrons. The van der Waals surface area contributed by atoms with Gasteiger partial charge in [0.1, 0.15) is 5.75 Å². The fourth-order valence-electron chi connectivity index (χ4n) is 1.75. The molecule has 6 heteroatoms. The molecule has 2 rings (SSSR count). The zero-order valence-electron chi connectivity index (χ0n) is 12.3. The van der Waals surface area contributed by atoms with Gasteiger partial charge in [0.25, 0.3) is 0 Å². The van der Waals surface area contributed by atoms with Gasteiger partial charge in [0.2, 0.25) is 0 Å². The van der Waals surface area contributed by atoms with Gasteiger partial charge >= 0.3 is 5.97 Å². The van der Waals surface area contributed by atoms with Crippen molar-refractivity contribution in [1.29, 1.82) is 0 Å². The number of allylic oxidation sites excluding steroid dienone is 1. The highest BCUT2D eigenvalue weighted by Gasteiger charge is 2.12. The molecule has 1 unspecified atom stereocenters. The predicted molar refractivity (Wildman–Crippen MR) is 80.7 cm³/mol. The second-order valence-corrected chi connectivity index (χ2v) is 4.77. The van der Waals surface area contributed by atoms with Crippen molar-refractivity contribution >= 4 is 17.8 Å². The molecule has 6 nitrogen and oxygen atoms in total. The van der Waals surface area contributed by atoms with Gasteiger partial charge in [-0.15, -0.1) is 0 Å². The average molecular weight is 300 g/mol. The van der Waals surface area contributed by atoms with Crippen molar-refractivity contribution in [3.63, 3.8) is 0 Å². The number of aliphatic carboxylic acids is 1. The molecular weight excluding hydrogens is 284 g/mol. The molecule has 0 spiro atoms. The van der Waals surface area contributed by atoms with Crippen LogP contribution in [0.4, 0.5) is 0 Å². The largest absolute Gasteiger partial charge is 0.479 e. The number of nitrogens with zero attached hydrogens (tertiary/aromatic N) is 2. The van der Waals surface area contributed by atoms with E-state index in [1.54, 1.807) is 54.5 Å². The van der Waals surface area contributed by atoms with Crippen molar-refractivity contribution in [2.75, 3.05) is 0 Å². The first-order valence-electron chi connectivity index (χ1n) is 6.66. The Hall–Kier alpha value is -2.89. The van der Waals surface area contributed by atoms with E-state index in [-0.39, 0.29) is 5.78 Å². The first kappa shape index (κ1) is 15.5. The maximum absolute atomic E-state index is 12.0. The van der Waals surface area contributed by atoms with Crippen molar-refractivity contribution in [3.05, 3.63) is 53.9 Å². The number of carbonyl (C=O) groups is 2. The highest BCUT2D eigenvalue weighted by atomic mass is 16.5. The van der Waals surface area contributed by atoms with Crippen LogP contribution in [-0.2, 0) is 11.8 Å². The van der Waals surface area contributed by atoms with Crippen LogP contribution < -0.4 is 4.74 Å². The van der Waals surface area contributed by atoms with Gasteiger partial charge in [-0.05, 0) is 43.3 Å². The van der Waals surface area contributed by atoms with Gasteiger partial charge in [0.05, 0.1) is 6.20 Å². The van der Waals surface area contributed by atoms with E-state index < -0.39 is 12.1 Å². The van der Waals surface area contributed by atoms with Crippen molar-refractivity contribution in [2.45, 2.75) is 13.0 Å². The first-order chi connectivity index (χ1) is 10.5. The summed E-state index contributed by atoms with van der Waals surface area (Å²) in [5.41, 5.74) is 1.33. The fourth-order valence-corrected chi connectivity index (χ4v) is 1.75. The second-order valence-electron chi connectivity index (χ2n) is 4.77. The van der Waals surface area contributed by atoms with Crippen LogP contribution in [0.2, 0.25) is 0 Å². The lowest BCUT2D eigenvalue weighted by molar-refractivity contribution is -0.144. The van der Waals surface area contributed by atoms with E-state index in [2.05, 4.69) is 5.10 Å². The van der Waals surface area contributed by atoms with E-state index in [4.69, 9.17) is 9.84 Å². The van der Waals surface area contributed by atoms with Crippen LogP contribution in [0, 0.1) is 0 Å². The molecule has 1 N–H and O–H groups in total. The number of carbonyl (C=O) groups excluding carboxylic acids is 1. The van der Waals surface area contributed by atoms with Crippen molar-refractivity contribution in [1.82, 2.24) is 9.78 Å². The summed E-state index contributed by atoms with van der Waals surface area (Å²) in [6.45, 7) is 1.44. The maximum atomic E-state index is 12.0. The van der Waals surface area contributed by atoms with E-state index in [1.165, 1.54) is 13.0 Å². The number of benzene rings is 1. The van der Waals surface area contributed by atoms with Crippen molar-refractivity contribution in [2.24, 2.45) is 7.05 Å². The molecule has 0 bridgehead atoms. The van der Waals surface area contributed by atoms with Gasteiger partial charge in [0.15, 0.2) is 11.9 Å². The van der Waals surface area contributed by atoms with E-state index in [1.807, 2.05) is 0 Å². The van der Waals surface area contributed by atoms with Crippen LogP contribution in [0.3, 0.4) is 0 Å². The molecule has 1 heterocycles. The summed E-state index contributed by atoms with van der Waals surface area (Å²) in [4.78, 5) is 22.7. The molecule has 22 heavy (non-hydrogen) atoms. The third-order valence-electron chi connectivity index (χ3n) is 2.95. The van der Waals surface area contributed by atoms with Crippen LogP contribution in [0.5, 0.6) is 5.75 Å². The summed E-state index contributed by atoms with van der Waals surface area (Å²) >= 11 is 0. The molecular formula is C16H16N2O4. The van der Waals surface area contributed by atoms with Crippen molar-refractivity contribution < 1.29 is 19.4 Å². The zero-order chi connectivity index (χ0) is 16.1. The molecule has 2 aromatic rings. The minimum atomic E-state index is -1.04. The molecule has 0 aliphatic rings. The van der Waals surface area contributed by atoms with E-state index >= 15 is 0 Å². The summed E-state index contributed by atoms with van der Waals surface area (Å²) < 4.78 is 6.86. The normalized spacial score (nSPS) is 12.3. The van der Waals surface area contributed by atoms with E-state index in [0.29, 0.717) is 11.3 Å². The predicted octanol–water partition coefficient (Wildman–Crippen LogP) is 2.17. The molecule has 1 aromatic heterocycles. The second kappa shape index (κ2) is 6.71. The Kier molecular flexibility index (Phi) is 4.73. The van der Waals surface area contributed by atoms with E-state index in [9.17, 15) is 9.59 Å². The van der Waals surface area contributed by atoms with Gasteiger partial charge in [-0.2, -0.15) is 5.10 Å². The first-order valence-corrected chi connectivity index (χ1v) is 6.66. The monoisotopic (exact) mass is 300 g/mol. The Balaban J connectivity index is 2.02. The Labute approximate surface area is 127 Å². The number of rotatable bonds is 6. The highest BCUT2D eigenvalue weighted by Crippen LogP contribution is 2.15. The summed E-state index contributed by atoms with van der Waals surface area (Å²) in [6.07, 6.45) is 5.67. The molecule has 0 aliphatic carbocycles. The van der Waals surface area contributed by atoms with Crippen LogP contribution in [-0.4, -0.2) is 32.7 Å². The third-order valence-corrected chi connectivity index (χ3v) is 2.95. The Morgan fingerprint density at radius 2 is 2.00 bits per heavy atom. The number of hydrogen-bond donors (Lipinski definition) is 1. The van der Waals surface area contributed by atoms with Gasteiger partial charge in [-0.25, -0.2) is 4.79 Å². The number of hydrogen-bond acceptors (Lipinski definition) is 4. The molecule has 0 fully saturated rings. The Morgan fingerprint density at radius 3 is 2.55 bits per heavy atom. The number of aromatic nitrogens is 2. The smallest absolute Gasteiger partial charge is 0.344 e. The number of carboxylic acids is 1. The highest BCUT2D eigenvalue weighted by molar-refractivity contribution is 6.06. The molecule has 0 saturated heterocycles. The number of ether oxygens (including phenoxy) is 1. The van der Waals surface area contributed by atoms with Gasteiger partial charge in [0, 0.05) is 24.4 Å². The number of carboxylic acid groups (broad SMARTS) is 1. The summed E-state index contributed by atoms with van der Waals surface area (Å²) in [5, 5.41) is 12.8. The molecule has 0 saturated carbocycles. The number of aryl methyl sites for hydroxylation is 1. The summed E-state index contributed by atoms with van der Waals surface area (Å²) in [6, 6.07) is 6.34. The quantitative estimate of drug-likeness (QED) is 0.653. The van der Waals surface area contributed by atoms with Crippen LogP contribution in [0.15, 0.2) is 42.7 Å². The molecule has 1 aromatic carbocycles. The van der Waals surface area contributed by atoms with Crippen LogP contribution in [0.25, 0.3) is 6.08 Å². The molecule has 0 aliphatic heterocycles. The van der Waals surface area contributed by atoms with Crippen LogP contribution >= 0.6 is 0 Å².